The van der Waals surface area contributed by atoms with Crippen LogP contribution in [0.15, 0.2) is 47.4 Å². The van der Waals surface area contributed by atoms with Gasteiger partial charge in [-0.3, -0.25) is 9.52 Å². The smallest absolute Gasteiger partial charge is 0.416 e. The summed E-state index contributed by atoms with van der Waals surface area (Å²) in [5.41, 5.74) is -0.483. The van der Waals surface area contributed by atoms with Gasteiger partial charge in [-0.05, 0) is 48.7 Å². The third-order valence-corrected chi connectivity index (χ3v) is 5.05. The molecule has 2 rings (SSSR count). The highest BCUT2D eigenvalue weighted by molar-refractivity contribution is 7.92. The predicted molar refractivity (Wildman–Crippen MR) is 89.4 cm³/mol. The predicted octanol–water partition coefficient (Wildman–Crippen LogP) is 3.83. The zero-order valence-corrected chi connectivity index (χ0v) is 14.5. The summed E-state index contributed by atoms with van der Waals surface area (Å²) in [5, 5.41) is 8.64. The van der Waals surface area contributed by atoms with Crippen molar-refractivity contribution in [1.82, 2.24) is 0 Å². The van der Waals surface area contributed by atoms with Crippen molar-refractivity contribution in [3.05, 3.63) is 59.2 Å². The van der Waals surface area contributed by atoms with E-state index < -0.39 is 27.7 Å². The van der Waals surface area contributed by atoms with E-state index in [4.69, 9.17) is 5.11 Å². The van der Waals surface area contributed by atoms with Crippen molar-refractivity contribution >= 4 is 21.7 Å². The zero-order chi connectivity index (χ0) is 19.5. The van der Waals surface area contributed by atoms with Gasteiger partial charge in [0.25, 0.3) is 10.0 Å². The molecule has 0 saturated carbocycles. The molecule has 0 aliphatic rings. The first-order valence-electron chi connectivity index (χ1n) is 7.50. The third-order valence-electron chi connectivity index (χ3n) is 3.66. The summed E-state index contributed by atoms with van der Waals surface area (Å²) < 4.78 is 65.6. The summed E-state index contributed by atoms with van der Waals surface area (Å²) in [7, 11) is -4.07. The van der Waals surface area contributed by atoms with E-state index in [0.717, 1.165) is 6.07 Å². The molecule has 0 spiro atoms. The molecule has 140 valence electrons. The summed E-state index contributed by atoms with van der Waals surface area (Å²) in [6.45, 7) is 1.29. The van der Waals surface area contributed by atoms with Crippen LogP contribution in [-0.4, -0.2) is 19.5 Å². The number of benzene rings is 2. The number of sulfonamides is 1. The first-order valence-corrected chi connectivity index (χ1v) is 8.99. The van der Waals surface area contributed by atoms with Crippen LogP contribution in [0.2, 0.25) is 0 Å². The Morgan fingerprint density at radius 3 is 2.27 bits per heavy atom. The molecule has 0 saturated heterocycles. The van der Waals surface area contributed by atoms with Gasteiger partial charge in [0, 0.05) is 12.1 Å². The Hall–Kier alpha value is -2.55. The monoisotopic (exact) mass is 387 g/mol. The number of hydrogen-bond donors (Lipinski definition) is 2. The lowest BCUT2D eigenvalue weighted by molar-refractivity contribution is -0.138. The average molecular weight is 387 g/mol. The number of nitrogens with one attached hydrogen (secondary N) is 1. The molecule has 0 heterocycles. The maximum Gasteiger partial charge on any atom is 0.416 e. The molecule has 0 amide bonds. The van der Waals surface area contributed by atoms with Gasteiger partial charge in [-0.2, -0.15) is 13.2 Å². The highest BCUT2D eigenvalue weighted by atomic mass is 32.2. The topological polar surface area (TPSA) is 83.5 Å². The van der Waals surface area contributed by atoms with Crippen molar-refractivity contribution in [3.8, 4) is 0 Å². The average Bonchev–Trinajstić information content (AvgIpc) is 2.54. The van der Waals surface area contributed by atoms with E-state index in [-0.39, 0.29) is 29.0 Å². The van der Waals surface area contributed by atoms with Crippen molar-refractivity contribution in [2.45, 2.75) is 30.8 Å². The van der Waals surface area contributed by atoms with Crippen LogP contribution in [0.1, 0.15) is 23.1 Å². The maximum atomic E-state index is 12.9. The fourth-order valence-corrected chi connectivity index (χ4v) is 3.34. The van der Waals surface area contributed by atoms with Crippen molar-refractivity contribution in [2.24, 2.45) is 0 Å². The highest BCUT2D eigenvalue weighted by Gasteiger charge is 2.32. The van der Waals surface area contributed by atoms with Crippen LogP contribution >= 0.6 is 0 Å². The third kappa shape index (κ3) is 4.98. The molecular formula is C17H16F3NO4S. The number of carboxylic acid groups (broad SMARTS) is 1. The minimum Gasteiger partial charge on any atom is -0.481 e. The maximum absolute atomic E-state index is 12.9. The van der Waals surface area contributed by atoms with Crippen LogP contribution < -0.4 is 4.72 Å². The highest BCUT2D eigenvalue weighted by Crippen LogP contribution is 2.33. The Kier molecular flexibility index (Phi) is 5.60. The number of alkyl halides is 3. The second kappa shape index (κ2) is 7.36. The number of rotatable bonds is 6. The van der Waals surface area contributed by atoms with Gasteiger partial charge in [0.15, 0.2) is 0 Å². The van der Waals surface area contributed by atoms with Crippen LogP contribution in [-0.2, 0) is 27.4 Å². The number of aliphatic carboxylic acids is 1. The molecule has 0 fully saturated rings. The molecule has 0 radical (unpaired) electrons. The molecule has 0 unspecified atom stereocenters. The molecule has 2 aromatic rings. The quantitative estimate of drug-likeness (QED) is 0.789. The number of aryl methyl sites for hydroxylation is 2. The molecule has 0 bridgehead atoms. The molecule has 0 atom stereocenters. The van der Waals surface area contributed by atoms with Crippen LogP contribution in [0.25, 0.3) is 0 Å². The molecule has 2 N–H and O–H groups in total. The minimum atomic E-state index is -4.59. The Morgan fingerprint density at radius 2 is 1.73 bits per heavy atom. The van der Waals surface area contributed by atoms with Crippen LogP contribution in [0.4, 0.5) is 18.9 Å². The Bertz CT molecular complexity index is 907. The van der Waals surface area contributed by atoms with Crippen LogP contribution in [0.3, 0.4) is 0 Å². The molecule has 26 heavy (non-hydrogen) atoms. The summed E-state index contributed by atoms with van der Waals surface area (Å²) in [6.07, 6.45) is -4.43. The number of anilines is 1. The standard InChI is InChI=1S/C17H16F3NO4S/c1-11-2-6-13(10-15(11)17(18,19)20)21-26(24,25)14-7-3-12(4-8-14)5-9-16(22)23/h2-4,6-8,10,21H,5,9H2,1H3,(H,22,23). The van der Waals surface area contributed by atoms with E-state index in [1.165, 1.54) is 43.3 Å². The van der Waals surface area contributed by atoms with Crippen molar-refractivity contribution in [1.29, 1.82) is 0 Å². The molecule has 0 aliphatic heterocycles. The number of carbonyl (C=O) groups is 1. The van der Waals surface area contributed by atoms with Gasteiger partial charge < -0.3 is 5.11 Å². The largest absolute Gasteiger partial charge is 0.481 e. The van der Waals surface area contributed by atoms with E-state index in [0.29, 0.717) is 5.56 Å². The second-order valence-electron chi connectivity index (χ2n) is 5.67. The molecule has 0 aliphatic carbocycles. The minimum absolute atomic E-state index is 0.0109. The van der Waals surface area contributed by atoms with Crippen molar-refractivity contribution in [3.63, 3.8) is 0 Å². The van der Waals surface area contributed by atoms with Gasteiger partial charge in [-0.15, -0.1) is 0 Å². The van der Waals surface area contributed by atoms with Gasteiger partial charge in [-0.25, -0.2) is 8.42 Å². The van der Waals surface area contributed by atoms with Gasteiger partial charge in [0.2, 0.25) is 0 Å². The molecule has 9 heteroatoms. The van der Waals surface area contributed by atoms with Crippen LogP contribution in [0.5, 0.6) is 0 Å². The van der Waals surface area contributed by atoms with Crippen molar-refractivity contribution < 1.29 is 31.5 Å². The lowest BCUT2D eigenvalue weighted by Crippen LogP contribution is -2.14. The SMILES string of the molecule is Cc1ccc(NS(=O)(=O)c2ccc(CCC(=O)O)cc2)cc1C(F)(F)F. The number of halogens is 3. The molecule has 2 aromatic carbocycles. The van der Waals surface area contributed by atoms with E-state index >= 15 is 0 Å². The van der Waals surface area contributed by atoms with Crippen molar-refractivity contribution in [2.75, 3.05) is 4.72 Å². The van der Waals surface area contributed by atoms with Gasteiger partial charge in [0.1, 0.15) is 0 Å². The van der Waals surface area contributed by atoms with E-state index in [2.05, 4.69) is 4.72 Å². The molecular weight excluding hydrogens is 371 g/mol. The first-order chi connectivity index (χ1) is 12.0. The second-order valence-corrected chi connectivity index (χ2v) is 7.35. The first kappa shape index (κ1) is 19.8. The summed E-state index contributed by atoms with van der Waals surface area (Å²) >= 11 is 0. The fraction of sp³-hybridized carbons (Fsp3) is 0.235. The van der Waals surface area contributed by atoms with Gasteiger partial charge in [0.05, 0.1) is 10.5 Å². The van der Waals surface area contributed by atoms with Gasteiger partial charge >= 0.3 is 12.1 Å². The number of hydrogen-bond acceptors (Lipinski definition) is 3. The number of carboxylic acids is 1. The summed E-state index contributed by atoms with van der Waals surface area (Å²) in [4.78, 5) is 10.4. The van der Waals surface area contributed by atoms with Gasteiger partial charge in [-0.1, -0.05) is 18.2 Å². The zero-order valence-electron chi connectivity index (χ0n) is 13.7. The normalized spacial score (nSPS) is 12.0. The summed E-state index contributed by atoms with van der Waals surface area (Å²) in [5.74, 6) is -0.969. The lowest BCUT2D eigenvalue weighted by atomic mass is 10.1. The Labute approximate surface area is 148 Å². The molecule has 0 aromatic heterocycles. The lowest BCUT2D eigenvalue weighted by Gasteiger charge is -2.14. The Balaban J connectivity index is 2.22. The Morgan fingerprint density at radius 1 is 1.12 bits per heavy atom. The summed E-state index contributed by atoms with van der Waals surface area (Å²) in [6, 6.07) is 8.67. The molecule has 5 nitrogen and oxygen atoms in total. The van der Waals surface area contributed by atoms with E-state index in [1.807, 2.05) is 0 Å². The van der Waals surface area contributed by atoms with E-state index in [1.54, 1.807) is 0 Å². The van der Waals surface area contributed by atoms with E-state index in [9.17, 15) is 26.4 Å². The van der Waals surface area contributed by atoms with Crippen LogP contribution in [0, 0.1) is 6.92 Å². The fourth-order valence-electron chi connectivity index (χ4n) is 2.29.